The Bertz CT molecular complexity index is 729. The summed E-state index contributed by atoms with van der Waals surface area (Å²) in [5.74, 6) is 2.01. The number of ether oxygens (including phenoxy) is 3. The highest BCUT2D eigenvalue weighted by Crippen LogP contribution is 2.31. The highest BCUT2D eigenvalue weighted by Gasteiger charge is 2.23. The molecule has 0 aromatic heterocycles. The second-order valence-electron chi connectivity index (χ2n) is 4.92. The standard InChI is InChI=1S/C18H16O4/c1-20-14-5-3-12(4-6-14)9-13-11-22-17-10-15(21-2)7-8-16(17)18(13)19/h3-10H,11H2,1-2H3/b13-9-. The Morgan fingerprint density at radius 2 is 1.68 bits per heavy atom. The summed E-state index contributed by atoms with van der Waals surface area (Å²) in [4.78, 5) is 12.5. The molecule has 2 aromatic carbocycles. The Kier molecular flexibility index (Phi) is 3.83. The van der Waals surface area contributed by atoms with Crippen molar-refractivity contribution in [2.24, 2.45) is 0 Å². The summed E-state index contributed by atoms with van der Waals surface area (Å²) in [7, 11) is 3.21. The van der Waals surface area contributed by atoms with Crippen LogP contribution in [0.15, 0.2) is 48.0 Å². The summed E-state index contributed by atoms with van der Waals surface area (Å²) in [5.41, 5.74) is 2.12. The van der Waals surface area contributed by atoms with E-state index >= 15 is 0 Å². The summed E-state index contributed by atoms with van der Waals surface area (Å²) >= 11 is 0. The van der Waals surface area contributed by atoms with Crippen molar-refractivity contribution in [2.45, 2.75) is 0 Å². The van der Waals surface area contributed by atoms with Crippen molar-refractivity contribution in [3.05, 3.63) is 59.2 Å². The molecule has 3 rings (SSSR count). The number of methoxy groups -OCH3 is 2. The molecule has 0 N–H and O–H groups in total. The molecule has 0 radical (unpaired) electrons. The van der Waals surface area contributed by atoms with Crippen molar-refractivity contribution in [1.29, 1.82) is 0 Å². The van der Waals surface area contributed by atoms with Crippen LogP contribution in [0.2, 0.25) is 0 Å². The molecular formula is C18H16O4. The molecule has 4 heteroatoms. The van der Waals surface area contributed by atoms with E-state index in [0.717, 1.165) is 11.3 Å². The Morgan fingerprint density at radius 3 is 2.36 bits per heavy atom. The highest BCUT2D eigenvalue weighted by molar-refractivity contribution is 6.14. The number of carbonyl (C=O) groups excluding carboxylic acids is 1. The maximum Gasteiger partial charge on any atom is 0.196 e. The summed E-state index contributed by atoms with van der Waals surface area (Å²) in [5, 5.41) is 0. The van der Waals surface area contributed by atoms with Crippen molar-refractivity contribution in [3.63, 3.8) is 0 Å². The van der Waals surface area contributed by atoms with E-state index < -0.39 is 0 Å². The molecule has 112 valence electrons. The first-order chi connectivity index (χ1) is 10.7. The monoisotopic (exact) mass is 296 g/mol. The molecule has 0 saturated carbocycles. The fourth-order valence-electron chi connectivity index (χ4n) is 2.34. The molecule has 1 aliphatic rings. The van der Waals surface area contributed by atoms with Crippen LogP contribution in [-0.2, 0) is 0 Å². The lowest BCUT2D eigenvalue weighted by Crippen LogP contribution is -2.19. The lowest BCUT2D eigenvalue weighted by Gasteiger charge is -2.19. The van der Waals surface area contributed by atoms with Gasteiger partial charge in [-0.2, -0.15) is 0 Å². The van der Waals surface area contributed by atoms with Gasteiger partial charge < -0.3 is 14.2 Å². The Hall–Kier alpha value is -2.75. The fraction of sp³-hybridized carbons (Fsp3) is 0.167. The van der Waals surface area contributed by atoms with Gasteiger partial charge in [0.1, 0.15) is 23.9 Å². The van der Waals surface area contributed by atoms with E-state index in [0.29, 0.717) is 22.6 Å². The van der Waals surface area contributed by atoms with Crippen molar-refractivity contribution in [3.8, 4) is 17.2 Å². The number of benzene rings is 2. The van der Waals surface area contributed by atoms with Crippen LogP contribution >= 0.6 is 0 Å². The molecule has 1 heterocycles. The molecule has 1 aliphatic heterocycles. The van der Waals surface area contributed by atoms with Gasteiger partial charge in [0.15, 0.2) is 5.78 Å². The zero-order chi connectivity index (χ0) is 15.5. The van der Waals surface area contributed by atoms with Gasteiger partial charge in [-0.25, -0.2) is 0 Å². The van der Waals surface area contributed by atoms with Gasteiger partial charge >= 0.3 is 0 Å². The molecule has 2 aromatic rings. The zero-order valence-electron chi connectivity index (χ0n) is 12.5. The van der Waals surface area contributed by atoms with Gasteiger partial charge in [0.25, 0.3) is 0 Å². The summed E-state index contributed by atoms with van der Waals surface area (Å²) in [6, 6.07) is 12.8. The summed E-state index contributed by atoms with van der Waals surface area (Å²) in [6.07, 6.45) is 1.84. The number of hydrogen-bond acceptors (Lipinski definition) is 4. The van der Waals surface area contributed by atoms with E-state index in [1.54, 1.807) is 32.4 Å². The molecule has 0 spiro atoms. The Labute approximate surface area is 128 Å². The van der Waals surface area contributed by atoms with Crippen LogP contribution in [0.3, 0.4) is 0 Å². The zero-order valence-corrected chi connectivity index (χ0v) is 12.5. The van der Waals surface area contributed by atoms with Crippen LogP contribution in [0, 0.1) is 0 Å². The van der Waals surface area contributed by atoms with Crippen molar-refractivity contribution in [1.82, 2.24) is 0 Å². The molecule has 0 aliphatic carbocycles. The molecule has 4 nitrogen and oxygen atoms in total. The topological polar surface area (TPSA) is 44.8 Å². The minimum absolute atomic E-state index is 0.0141. The molecule has 0 bridgehead atoms. The predicted octanol–water partition coefficient (Wildman–Crippen LogP) is 3.36. The molecule has 0 unspecified atom stereocenters. The third kappa shape index (κ3) is 2.68. The molecular weight excluding hydrogens is 280 g/mol. The van der Waals surface area contributed by atoms with E-state index in [1.807, 2.05) is 30.3 Å². The molecule has 0 amide bonds. The van der Waals surface area contributed by atoms with E-state index in [4.69, 9.17) is 14.2 Å². The molecule has 22 heavy (non-hydrogen) atoms. The molecule has 0 atom stereocenters. The van der Waals surface area contributed by atoms with Gasteiger partial charge in [-0.05, 0) is 35.9 Å². The predicted molar refractivity (Wildman–Crippen MR) is 83.8 cm³/mol. The number of carbonyl (C=O) groups is 1. The lowest BCUT2D eigenvalue weighted by molar-refractivity contribution is 0.100. The lowest BCUT2D eigenvalue weighted by atomic mass is 9.98. The Balaban J connectivity index is 1.89. The van der Waals surface area contributed by atoms with Crippen LogP contribution < -0.4 is 14.2 Å². The maximum atomic E-state index is 12.5. The SMILES string of the molecule is COc1ccc(/C=C2/COc3cc(OC)ccc3C2=O)cc1. The number of Topliss-reactive ketones (excluding diaryl/α,β-unsaturated/α-hetero) is 1. The van der Waals surface area contributed by atoms with Gasteiger partial charge in [0.2, 0.25) is 0 Å². The van der Waals surface area contributed by atoms with Gasteiger partial charge in [0, 0.05) is 11.6 Å². The quantitative estimate of drug-likeness (QED) is 0.815. The molecule has 0 saturated heterocycles. The largest absolute Gasteiger partial charge is 0.497 e. The van der Waals surface area contributed by atoms with Crippen molar-refractivity contribution in [2.75, 3.05) is 20.8 Å². The summed E-state index contributed by atoms with van der Waals surface area (Å²) < 4.78 is 15.9. The van der Waals surface area contributed by atoms with Crippen molar-refractivity contribution < 1.29 is 19.0 Å². The third-order valence-corrected chi connectivity index (χ3v) is 3.56. The first kappa shape index (κ1) is 14.2. The maximum absolute atomic E-state index is 12.5. The van der Waals surface area contributed by atoms with E-state index in [9.17, 15) is 4.79 Å². The Morgan fingerprint density at radius 1 is 1.00 bits per heavy atom. The average Bonchev–Trinajstić information content (AvgIpc) is 2.57. The second kappa shape index (κ2) is 5.93. The van der Waals surface area contributed by atoms with Crippen LogP contribution in [0.4, 0.5) is 0 Å². The van der Waals surface area contributed by atoms with Crippen LogP contribution in [0.25, 0.3) is 6.08 Å². The van der Waals surface area contributed by atoms with Gasteiger partial charge in [0.05, 0.1) is 19.8 Å². The van der Waals surface area contributed by atoms with E-state index in [2.05, 4.69) is 0 Å². The van der Waals surface area contributed by atoms with Crippen LogP contribution in [-0.4, -0.2) is 26.6 Å². The van der Waals surface area contributed by atoms with E-state index in [1.165, 1.54) is 0 Å². The normalized spacial score (nSPS) is 15.2. The summed E-state index contributed by atoms with van der Waals surface area (Å²) in [6.45, 7) is 0.255. The number of hydrogen-bond donors (Lipinski definition) is 0. The third-order valence-electron chi connectivity index (χ3n) is 3.56. The minimum Gasteiger partial charge on any atom is -0.497 e. The van der Waals surface area contributed by atoms with Gasteiger partial charge in [-0.1, -0.05) is 12.1 Å². The minimum atomic E-state index is -0.0141. The first-order valence-corrected chi connectivity index (χ1v) is 6.91. The van der Waals surface area contributed by atoms with E-state index in [-0.39, 0.29) is 12.4 Å². The van der Waals surface area contributed by atoms with Crippen molar-refractivity contribution >= 4 is 11.9 Å². The number of fused-ring (bicyclic) bond motifs is 1. The molecule has 0 fully saturated rings. The second-order valence-corrected chi connectivity index (χ2v) is 4.92. The smallest absolute Gasteiger partial charge is 0.196 e. The highest BCUT2D eigenvalue weighted by atomic mass is 16.5. The fourth-order valence-corrected chi connectivity index (χ4v) is 2.34. The van der Waals surface area contributed by atoms with Gasteiger partial charge in [-0.3, -0.25) is 4.79 Å². The average molecular weight is 296 g/mol. The van der Waals surface area contributed by atoms with Gasteiger partial charge in [-0.15, -0.1) is 0 Å². The number of ketones is 1. The first-order valence-electron chi connectivity index (χ1n) is 6.91. The van der Waals surface area contributed by atoms with Crippen LogP contribution in [0.1, 0.15) is 15.9 Å². The number of rotatable bonds is 3. The van der Waals surface area contributed by atoms with Crippen LogP contribution in [0.5, 0.6) is 17.2 Å².